The molecule has 0 spiro atoms. The van der Waals surface area contributed by atoms with Gasteiger partial charge in [-0.25, -0.2) is 0 Å². The quantitative estimate of drug-likeness (QED) is 0.167. The molecular weight excluding hydrogens is 797 g/mol. The number of rotatable bonds is 6. The van der Waals surface area contributed by atoms with Gasteiger partial charge in [0, 0.05) is 66.6 Å². The first-order chi connectivity index (χ1) is 32.0. The van der Waals surface area contributed by atoms with Crippen molar-refractivity contribution in [3.8, 4) is 12.1 Å². The van der Waals surface area contributed by atoms with Crippen molar-refractivity contribution in [3.63, 3.8) is 0 Å². The van der Waals surface area contributed by atoms with Crippen LogP contribution in [0.5, 0.6) is 0 Å². The first-order valence-corrected chi connectivity index (χ1v) is 22.1. The van der Waals surface area contributed by atoms with Crippen LogP contribution in [0, 0.1) is 34.5 Å². The van der Waals surface area contributed by atoms with Crippen LogP contribution in [0.1, 0.15) is 36.1 Å². The fourth-order valence-electron chi connectivity index (χ4n) is 11.4. The Bertz CT molecular complexity index is 4170. The Labute approximate surface area is 373 Å². The standard InChI is InChI=1S/C59H38N4O2/c1-34(33-62-44-21-7-3-17-40(44)55-46(62)25-27-50-57(55)42-19-5-9-23-48(42)64-50)52-35(2)53(38-15-11-13-36(29-38)31-60)59(54(52)39-16-12-14-37(30-39)32-61)63-45-22-8-4-18-41(45)56-47(63)26-28-51-58(56)43-20-6-10-24-49(43)65-51/h3-30,34,52H,33H2,1-2H3/t34-,52-/m0/s1. The van der Waals surface area contributed by atoms with E-state index in [1.807, 2.05) is 60.7 Å². The van der Waals surface area contributed by atoms with E-state index in [0.717, 1.165) is 99.2 Å². The lowest BCUT2D eigenvalue weighted by Crippen LogP contribution is -2.19. The summed E-state index contributed by atoms with van der Waals surface area (Å²) in [5.74, 6) is -0.0418. The summed E-state index contributed by atoms with van der Waals surface area (Å²) in [7, 11) is 0. The van der Waals surface area contributed by atoms with Gasteiger partial charge in [0.15, 0.2) is 0 Å². The molecule has 4 heterocycles. The van der Waals surface area contributed by atoms with E-state index in [2.05, 4.69) is 144 Å². The van der Waals surface area contributed by atoms with Crippen LogP contribution >= 0.6 is 0 Å². The van der Waals surface area contributed by atoms with Crippen LogP contribution in [0.3, 0.4) is 0 Å². The number of hydrogen-bond donors (Lipinski definition) is 0. The highest BCUT2D eigenvalue weighted by Gasteiger charge is 2.39. The molecule has 8 aromatic carbocycles. The number of benzene rings is 8. The van der Waals surface area contributed by atoms with E-state index >= 15 is 0 Å². The summed E-state index contributed by atoms with van der Waals surface area (Å²) < 4.78 is 17.9. The Hall–Kier alpha value is -8.58. The third kappa shape index (κ3) is 5.26. The molecule has 0 saturated heterocycles. The Morgan fingerprint density at radius 3 is 1.68 bits per heavy atom. The van der Waals surface area contributed by atoms with E-state index in [4.69, 9.17) is 8.83 Å². The number of para-hydroxylation sites is 4. The van der Waals surface area contributed by atoms with Gasteiger partial charge in [-0.3, -0.25) is 0 Å². The van der Waals surface area contributed by atoms with Crippen LogP contribution in [0.4, 0.5) is 0 Å². The van der Waals surface area contributed by atoms with Crippen LogP contribution in [0.25, 0.3) is 104 Å². The molecule has 0 amide bonds. The molecule has 13 rings (SSSR count). The van der Waals surface area contributed by atoms with Crippen molar-refractivity contribution in [3.05, 3.63) is 198 Å². The largest absolute Gasteiger partial charge is 0.456 e. The molecule has 0 fully saturated rings. The molecule has 1 aliphatic rings. The van der Waals surface area contributed by atoms with Gasteiger partial charge >= 0.3 is 0 Å². The second-order valence-corrected chi connectivity index (χ2v) is 17.5. The molecule has 6 heteroatoms. The molecule has 306 valence electrons. The fraction of sp³-hybridized carbons (Fsp3) is 0.0847. The lowest BCUT2D eigenvalue weighted by Gasteiger charge is -2.27. The van der Waals surface area contributed by atoms with Gasteiger partial charge in [0.1, 0.15) is 22.3 Å². The summed E-state index contributed by atoms with van der Waals surface area (Å²) in [5.41, 5.74) is 15.6. The molecule has 0 N–H and O–H groups in total. The van der Waals surface area contributed by atoms with Gasteiger partial charge in [-0.15, -0.1) is 0 Å². The van der Waals surface area contributed by atoms with Crippen molar-refractivity contribution in [1.29, 1.82) is 10.5 Å². The zero-order chi connectivity index (χ0) is 43.5. The van der Waals surface area contributed by atoms with Crippen molar-refractivity contribution < 1.29 is 8.83 Å². The first kappa shape index (κ1) is 37.0. The third-order valence-corrected chi connectivity index (χ3v) is 14.0. The molecule has 0 radical (unpaired) electrons. The minimum Gasteiger partial charge on any atom is -0.456 e. The minimum absolute atomic E-state index is 0.0517. The summed E-state index contributed by atoms with van der Waals surface area (Å²) >= 11 is 0. The monoisotopic (exact) mass is 834 g/mol. The molecule has 12 aromatic rings. The normalized spacial score (nSPS) is 14.9. The van der Waals surface area contributed by atoms with Gasteiger partial charge < -0.3 is 18.0 Å². The molecule has 0 unspecified atom stereocenters. The molecule has 1 aliphatic carbocycles. The van der Waals surface area contributed by atoms with Gasteiger partial charge in [0.25, 0.3) is 0 Å². The Kier molecular flexibility index (Phi) is 7.95. The second kappa shape index (κ2) is 14.0. The van der Waals surface area contributed by atoms with Gasteiger partial charge in [0.05, 0.1) is 45.5 Å². The zero-order valence-corrected chi connectivity index (χ0v) is 35.6. The number of allylic oxidation sites excluding steroid dienone is 4. The highest BCUT2D eigenvalue weighted by Crippen LogP contribution is 2.55. The second-order valence-electron chi connectivity index (χ2n) is 17.5. The van der Waals surface area contributed by atoms with Gasteiger partial charge in [-0.1, -0.05) is 110 Å². The summed E-state index contributed by atoms with van der Waals surface area (Å²) in [6.07, 6.45) is 0. The average molecular weight is 835 g/mol. The maximum Gasteiger partial charge on any atom is 0.136 e. The summed E-state index contributed by atoms with van der Waals surface area (Å²) in [6, 6.07) is 63.6. The summed E-state index contributed by atoms with van der Waals surface area (Å²) in [4.78, 5) is 0. The fourth-order valence-corrected chi connectivity index (χ4v) is 11.4. The van der Waals surface area contributed by atoms with Crippen molar-refractivity contribution >= 4 is 104 Å². The molecular formula is C59H38N4O2. The average Bonchev–Trinajstić information content (AvgIpc) is 4.15. The lowest BCUT2D eigenvalue weighted by molar-refractivity contribution is 0.434. The summed E-state index contributed by atoms with van der Waals surface area (Å²) in [6.45, 7) is 5.36. The minimum atomic E-state index is -0.0934. The van der Waals surface area contributed by atoms with Gasteiger partial charge in [-0.2, -0.15) is 10.5 Å². The van der Waals surface area contributed by atoms with E-state index < -0.39 is 0 Å². The molecule has 0 bridgehead atoms. The predicted molar refractivity (Wildman–Crippen MR) is 264 cm³/mol. The van der Waals surface area contributed by atoms with Crippen LogP contribution in [-0.4, -0.2) is 9.13 Å². The summed E-state index contributed by atoms with van der Waals surface area (Å²) in [5, 5.41) is 29.7. The number of nitrogens with zero attached hydrogens (tertiary/aromatic N) is 4. The number of hydrogen-bond acceptors (Lipinski definition) is 4. The first-order valence-electron chi connectivity index (χ1n) is 22.1. The maximum atomic E-state index is 10.4. The van der Waals surface area contributed by atoms with Gasteiger partial charge in [-0.05, 0) is 102 Å². The predicted octanol–water partition coefficient (Wildman–Crippen LogP) is 15.3. The Morgan fingerprint density at radius 1 is 0.508 bits per heavy atom. The number of furan rings is 2. The molecule has 6 nitrogen and oxygen atoms in total. The van der Waals surface area contributed by atoms with E-state index in [9.17, 15) is 10.5 Å². The van der Waals surface area contributed by atoms with Gasteiger partial charge in [0.2, 0.25) is 0 Å². The highest BCUT2D eigenvalue weighted by molar-refractivity contribution is 6.30. The van der Waals surface area contributed by atoms with Crippen molar-refractivity contribution in [2.45, 2.75) is 20.4 Å². The SMILES string of the molecule is CC1=C(c2cccc(C#N)c2)C(n2c3ccccc3c3c4c(ccc32)oc2ccccc24)=C(c2cccc(C#N)c2)[C@H]1[C@@H](C)Cn1c2ccccc2c2c3c(ccc21)oc1ccccc13. The number of aromatic nitrogens is 2. The Morgan fingerprint density at radius 2 is 1.03 bits per heavy atom. The maximum absolute atomic E-state index is 10.4. The molecule has 0 aliphatic heterocycles. The molecule has 2 atom stereocenters. The lowest BCUT2D eigenvalue weighted by atomic mass is 9.81. The third-order valence-electron chi connectivity index (χ3n) is 14.0. The zero-order valence-electron chi connectivity index (χ0n) is 35.6. The van der Waals surface area contributed by atoms with Crippen molar-refractivity contribution in [2.24, 2.45) is 11.8 Å². The van der Waals surface area contributed by atoms with Crippen molar-refractivity contribution in [1.82, 2.24) is 9.13 Å². The highest BCUT2D eigenvalue weighted by atomic mass is 16.3. The van der Waals surface area contributed by atoms with E-state index in [1.54, 1.807) is 0 Å². The number of nitriles is 2. The van der Waals surface area contributed by atoms with E-state index in [0.29, 0.717) is 17.7 Å². The molecule has 65 heavy (non-hydrogen) atoms. The molecule has 0 saturated carbocycles. The smallest absolute Gasteiger partial charge is 0.136 e. The Balaban J connectivity index is 1.12. The topological polar surface area (TPSA) is 83.7 Å². The molecule has 4 aromatic heterocycles. The van der Waals surface area contributed by atoms with Crippen LogP contribution in [0.15, 0.2) is 184 Å². The van der Waals surface area contributed by atoms with Crippen molar-refractivity contribution in [2.75, 3.05) is 0 Å². The van der Waals surface area contributed by atoms with Crippen LogP contribution in [-0.2, 0) is 6.54 Å². The van der Waals surface area contributed by atoms with Crippen LogP contribution < -0.4 is 0 Å². The van der Waals surface area contributed by atoms with E-state index in [1.165, 1.54) is 21.9 Å². The number of fused-ring (bicyclic) bond motifs is 14. The van der Waals surface area contributed by atoms with Crippen LogP contribution in [0.2, 0.25) is 0 Å². The van der Waals surface area contributed by atoms with E-state index in [-0.39, 0.29) is 11.8 Å².